The predicted octanol–water partition coefficient (Wildman–Crippen LogP) is 4.72. The lowest BCUT2D eigenvalue weighted by molar-refractivity contribution is 0.0953. The molecule has 0 fully saturated rings. The van der Waals surface area contributed by atoms with Crippen molar-refractivity contribution in [3.63, 3.8) is 0 Å². The summed E-state index contributed by atoms with van der Waals surface area (Å²) in [6.45, 7) is 2.65. The zero-order chi connectivity index (χ0) is 22.1. The molecule has 0 radical (unpaired) electrons. The summed E-state index contributed by atoms with van der Waals surface area (Å²) in [6, 6.07) is 22.4. The Bertz CT molecular complexity index is 1050. The average molecular weight is 415 g/mol. The molecule has 0 spiro atoms. The number of carbonyl (C=O) groups excluding carboxylic acids is 3. The molecule has 6 heteroatoms. The topological polar surface area (TPSA) is 87.3 Å². The summed E-state index contributed by atoms with van der Waals surface area (Å²) in [5.74, 6) is -0.779. The highest BCUT2D eigenvalue weighted by atomic mass is 16.2. The number of hydrogen-bond acceptors (Lipinski definition) is 3. The first-order valence-electron chi connectivity index (χ1n) is 10.2. The first kappa shape index (κ1) is 21.8. The summed E-state index contributed by atoms with van der Waals surface area (Å²) in [6.07, 6.45) is 1.88. The molecule has 0 unspecified atom stereocenters. The molecule has 0 atom stereocenters. The fraction of sp³-hybridized carbons (Fsp3) is 0.160. The zero-order valence-corrected chi connectivity index (χ0v) is 17.4. The first-order valence-corrected chi connectivity index (χ1v) is 10.2. The van der Waals surface area contributed by atoms with Crippen LogP contribution in [0.3, 0.4) is 0 Å². The van der Waals surface area contributed by atoms with Gasteiger partial charge in [-0.1, -0.05) is 43.7 Å². The molecule has 0 aliphatic rings. The standard InChI is InChI=1S/C25H25N3O3/c1-2-3-17-26-25(31)21-11-7-8-12-22(21)28-24(30)19-13-15-20(16-14-19)27-23(29)18-9-5-4-6-10-18/h4-16H,2-3,17H2,1H3,(H,26,31)(H,27,29)(H,28,30). The van der Waals surface area contributed by atoms with Crippen LogP contribution in [0.1, 0.15) is 50.8 Å². The van der Waals surface area contributed by atoms with E-state index < -0.39 is 0 Å². The molecule has 3 aromatic carbocycles. The van der Waals surface area contributed by atoms with Gasteiger partial charge in [0.05, 0.1) is 11.3 Å². The zero-order valence-electron chi connectivity index (χ0n) is 17.4. The number of rotatable bonds is 8. The SMILES string of the molecule is CCCCNC(=O)c1ccccc1NC(=O)c1ccc(NC(=O)c2ccccc2)cc1. The summed E-state index contributed by atoms with van der Waals surface area (Å²) in [5, 5.41) is 8.46. The van der Waals surface area contributed by atoms with E-state index in [0.29, 0.717) is 34.6 Å². The molecule has 0 heterocycles. The molecule has 0 aliphatic heterocycles. The van der Waals surface area contributed by atoms with Gasteiger partial charge in [0, 0.05) is 23.4 Å². The van der Waals surface area contributed by atoms with Crippen molar-refractivity contribution in [3.05, 3.63) is 95.6 Å². The van der Waals surface area contributed by atoms with Crippen molar-refractivity contribution in [2.24, 2.45) is 0 Å². The van der Waals surface area contributed by atoms with Gasteiger partial charge in [0.2, 0.25) is 0 Å². The molecule has 158 valence electrons. The summed E-state index contributed by atoms with van der Waals surface area (Å²) in [7, 11) is 0. The van der Waals surface area contributed by atoms with Gasteiger partial charge in [-0.05, 0) is 55.0 Å². The lowest BCUT2D eigenvalue weighted by Crippen LogP contribution is -2.26. The fourth-order valence-electron chi connectivity index (χ4n) is 2.96. The number of benzene rings is 3. The van der Waals surface area contributed by atoms with Crippen LogP contribution in [0.2, 0.25) is 0 Å². The Morgan fingerprint density at radius 1 is 0.677 bits per heavy atom. The molecule has 3 amide bonds. The minimum atomic E-state index is -0.338. The number of para-hydroxylation sites is 1. The van der Waals surface area contributed by atoms with Crippen molar-refractivity contribution in [2.75, 3.05) is 17.2 Å². The average Bonchev–Trinajstić information content (AvgIpc) is 2.80. The molecular formula is C25H25N3O3. The summed E-state index contributed by atoms with van der Waals surface area (Å²) in [5.41, 5.74) is 2.42. The van der Waals surface area contributed by atoms with E-state index >= 15 is 0 Å². The quantitative estimate of drug-likeness (QED) is 0.465. The Labute approximate surface area is 181 Å². The minimum Gasteiger partial charge on any atom is -0.352 e. The van der Waals surface area contributed by atoms with Crippen LogP contribution in [0.15, 0.2) is 78.9 Å². The smallest absolute Gasteiger partial charge is 0.255 e. The van der Waals surface area contributed by atoms with Crippen LogP contribution < -0.4 is 16.0 Å². The Morgan fingerprint density at radius 2 is 1.29 bits per heavy atom. The van der Waals surface area contributed by atoms with Crippen molar-refractivity contribution in [1.82, 2.24) is 5.32 Å². The van der Waals surface area contributed by atoms with Crippen molar-refractivity contribution in [1.29, 1.82) is 0 Å². The molecular weight excluding hydrogens is 390 g/mol. The molecule has 0 bridgehead atoms. The third-order valence-corrected chi connectivity index (χ3v) is 4.68. The third-order valence-electron chi connectivity index (χ3n) is 4.68. The van der Waals surface area contributed by atoms with E-state index in [9.17, 15) is 14.4 Å². The van der Waals surface area contributed by atoms with Crippen LogP contribution in [-0.4, -0.2) is 24.3 Å². The van der Waals surface area contributed by atoms with Crippen LogP contribution in [-0.2, 0) is 0 Å². The van der Waals surface area contributed by atoms with Gasteiger partial charge in [-0.15, -0.1) is 0 Å². The third kappa shape index (κ3) is 6.02. The molecule has 0 saturated heterocycles. The highest BCUT2D eigenvalue weighted by Gasteiger charge is 2.14. The van der Waals surface area contributed by atoms with Crippen molar-refractivity contribution < 1.29 is 14.4 Å². The second-order valence-corrected chi connectivity index (χ2v) is 7.01. The monoisotopic (exact) mass is 415 g/mol. The van der Waals surface area contributed by atoms with E-state index in [1.165, 1.54) is 0 Å². The number of carbonyl (C=O) groups is 3. The maximum Gasteiger partial charge on any atom is 0.255 e. The maximum absolute atomic E-state index is 12.7. The van der Waals surface area contributed by atoms with E-state index in [0.717, 1.165) is 12.8 Å². The van der Waals surface area contributed by atoms with Crippen molar-refractivity contribution in [3.8, 4) is 0 Å². The van der Waals surface area contributed by atoms with Gasteiger partial charge >= 0.3 is 0 Å². The van der Waals surface area contributed by atoms with Gasteiger partial charge in [0.25, 0.3) is 17.7 Å². The van der Waals surface area contributed by atoms with Crippen LogP contribution >= 0.6 is 0 Å². The van der Waals surface area contributed by atoms with Crippen LogP contribution in [0.5, 0.6) is 0 Å². The van der Waals surface area contributed by atoms with Gasteiger partial charge in [0.1, 0.15) is 0 Å². The van der Waals surface area contributed by atoms with E-state index in [1.807, 2.05) is 6.07 Å². The highest BCUT2D eigenvalue weighted by Crippen LogP contribution is 2.18. The number of hydrogen-bond donors (Lipinski definition) is 3. The van der Waals surface area contributed by atoms with Crippen molar-refractivity contribution in [2.45, 2.75) is 19.8 Å². The molecule has 0 aromatic heterocycles. The largest absolute Gasteiger partial charge is 0.352 e. The summed E-state index contributed by atoms with van der Waals surface area (Å²) < 4.78 is 0. The lowest BCUT2D eigenvalue weighted by atomic mass is 10.1. The second-order valence-electron chi connectivity index (χ2n) is 7.01. The van der Waals surface area contributed by atoms with Crippen LogP contribution in [0.25, 0.3) is 0 Å². The molecule has 3 rings (SSSR count). The minimum absolute atomic E-state index is 0.219. The highest BCUT2D eigenvalue weighted by molar-refractivity contribution is 6.09. The Kier molecular flexibility index (Phi) is 7.54. The second kappa shape index (κ2) is 10.7. The number of unbranched alkanes of at least 4 members (excludes halogenated alkanes) is 1. The first-order chi connectivity index (χ1) is 15.1. The van der Waals surface area contributed by atoms with Gasteiger partial charge < -0.3 is 16.0 Å². The Balaban J connectivity index is 1.65. The number of nitrogens with one attached hydrogen (secondary N) is 3. The van der Waals surface area contributed by atoms with Gasteiger partial charge in [-0.3, -0.25) is 14.4 Å². The van der Waals surface area contributed by atoms with Gasteiger partial charge in [0.15, 0.2) is 0 Å². The lowest BCUT2D eigenvalue weighted by Gasteiger charge is -2.12. The number of amides is 3. The van der Waals surface area contributed by atoms with E-state index in [-0.39, 0.29) is 17.7 Å². The molecule has 0 aliphatic carbocycles. The Morgan fingerprint density at radius 3 is 2.00 bits per heavy atom. The normalized spacial score (nSPS) is 10.2. The van der Waals surface area contributed by atoms with E-state index in [1.54, 1.807) is 72.8 Å². The molecule has 0 saturated carbocycles. The number of anilines is 2. The Hall–Kier alpha value is -3.93. The van der Waals surface area contributed by atoms with E-state index in [4.69, 9.17) is 0 Å². The molecule has 31 heavy (non-hydrogen) atoms. The summed E-state index contributed by atoms with van der Waals surface area (Å²) in [4.78, 5) is 37.3. The van der Waals surface area contributed by atoms with Crippen LogP contribution in [0.4, 0.5) is 11.4 Å². The molecule has 3 aromatic rings. The molecule has 3 N–H and O–H groups in total. The summed E-state index contributed by atoms with van der Waals surface area (Å²) >= 11 is 0. The van der Waals surface area contributed by atoms with Gasteiger partial charge in [-0.2, -0.15) is 0 Å². The van der Waals surface area contributed by atoms with Gasteiger partial charge in [-0.25, -0.2) is 0 Å². The van der Waals surface area contributed by atoms with Crippen molar-refractivity contribution >= 4 is 29.1 Å². The van der Waals surface area contributed by atoms with Crippen LogP contribution in [0, 0.1) is 0 Å². The maximum atomic E-state index is 12.7. The molecule has 6 nitrogen and oxygen atoms in total. The predicted molar refractivity (Wildman–Crippen MR) is 122 cm³/mol. The van der Waals surface area contributed by atoms with E-state index in [2.05, 4.69) is 22.9 Å². The fourth-order valence-corrected chi connectivity index (χ4v) is 2.96.